The number of H-pyrrole nitrogens is 1. The smallest absolute Gasteiger partial charge is 0.299 e. The van der Waals surface area contributed by atoms with E-state index in [9.17, 15) is 14.0 Å². The summed E-state index contributed by atoms with van der Waals surface area (Å²) in [5.41, 5.74) is 2.04. The Morgan fingerprint density at radius 1 is 1.25 bits per heavy atom. The highest BCUT2D eigenvalue weighted by Crippen LogP contribution is 2.24. The normalized spacial score (nSPS) is 13.8. The second-order valence-electron chi connectivity index (χ2n) is 6.19. The predicted molar refractivity (Wildman–Crippen MR) is 100 cm³/mol. The Kier molecular flexibility index (Phi) is 4.63. The van der Waals surface area contributed by atoms with Crippen molar-refractivity contribution in [1.29, 1.82) is 0 Å². The first-order valence-corrected chi connectivity index (χ1v) is 8.50. The van der Waals surface area contributed by atoms with E-state index in [1.807, 2.05) is 16.7 Å². The molecule has 1 aliphatic carbocycles. The molecule has 1 amide bonds. The average molecular weight is 378 g/mol. The van der Waals surface area contributed by atoms with E-state index in [2.05, 4.69) is 25.9 Å². The number of ketones is 1. The highest BCUT2D eigenvalue weighted by molar-refractivity contribution is 6.48. The summed E-state index contributed by atoms with van der Waals surface area (Å²) in [6, 6.07) is 7.30. The van der Waals surface area contributed by atoms with Gasteiger partial charge in [0.25, 0.3) is 17.6 Å². The summed E-state index contributed by atoms with van der Waals surface area (Å²) in [5, 5.41) is 15.7. The van der Waals surface area contributed by atoms with Crippen LogP contribution in [0.15, 0.2) is 66.2 Å². The van der Waals surface area contributed by atoms with Crippen LogP contribution >= 0.6 is 0 Å². The van der Waals surface area contributed by atoms with Gasteiger partial charge in [-0.1, -0.05) is 35.4 Å². The van der Waals surface area contributed by atoms with Crippen molar-refractivity contribution in [2.24, 2.45) is 0 Å². The van der Waals surface area contributed by atoms with Crippen molar-refractivity contribution in [3.63, 3.8) is 0 Å². The van der Waals surface area contributed by atoms with Crippen molar-refractivity contribution in [2.45, 2.75) is 13.0 Å². The Labute approximate surface area is 158 Å². The molecule has 0 unspecified atom stereocenters. The number of allylic oxidation sites excluding steroid dienone is 6. The minimum absolute atomic E-state index is 0.0775. The molecule has 9 heteroatoms. The van der Waals surface area contributed by atoms with E-state index < -0.39 is 11.7 Å². The number of fused-ring (bicyclic) bond motifs is 1. The molecule has 140 valence electrons. The van der Waals surface area contributed by atoms with Gasteiger partial charge in [0.2, 0.25) is 0 Å². The third-order valence-electron chi connectivity index (χ3n) is 4.32. The molecule has 8 nitrogen and oxygen atoms in total. The number of anilines is 1. The zero-order valence-corrected chi connectivity index (χ0v) is 14.6. The van der Waals surface area contributed by atoms with Gasteiger partial charge < -0.3 is 4.57 Å². The highest BCUT2D eigenvalue weighted by atomic mass is 19.1. The number of carbonyl (C=O) groups excluding carboxylic acids is 2. The molecular weight excluding hydrogens is 363 g/mol. The first kappa shape index (κ1) is 17.5. The lowest BCUT2D eigenvalue weighted by Gasteiger charge is -2.07. The summed E-state index contributed by atoms with van der Waals surface area (Å²) in [7, 11) is 0. The lowest BCUT2D eigenvalue weighted by Crippen LogP contribution is -2.23. The summed E-state index contributed by atoms with van der Waals surface area (Å²) in [4.78, 5) is 25.0. The zero-order valence-electron chi connectivity index (χ0n) is 14.6. The van der Waals surface area contributed by atoms with E-state index in [1.54, 1.807) is 30.5 Å². The van der Waals surface area contributed by atoms with E-state index in [4.69, 9.17) is 0 Å². The third-order valence-corrected chi connectivity index (χ3v) is 4.32. The fourth-order valence-corrected chi connectivity index (χ4v) is 3.03. The largest absolute Gasteiger partial charge is 0.343 e. The van der Waals surface area contributed by atoms with Gasteiger partial charge in [-0.3, -0.25) is 14.9 Å². The number of halogens is 1. The van der Waals surface area contributed by atoms with Crippen LogP contribution in [0.1, 0.15) is 16.8 Å². The molecule has 1 aliphatic rings. The Morgan fingerprint density at radius 2 is 2.11 bits per heavy atom. The van der Waals surface area contributed by atoms with Crippen molar-refractivity contribution < 1.29 is 14.0 Å². The second kappa shape index (κ2) is 7.39. The van der Waals surface area contributed by atoms with E-state index in [-0.39, 0.29) is 17.3 Å². The molecule has 2 aromatic heterocycles. The topological polar surface area (TPSA) is 106 Å². The van der Waals surface area contributed by atoms with Crippen LogP contribution in [0.5, 0.6) is 0 Å². The molecule has 0 fully saturated rings. The molecule has 2 heterocycles. The number of amides is 1. The summed E-state index contributed by atoms with van der Waals surface area (Å²) < 4.78 is 15.3. The minimum atomic E-state index is -0.856. The predicted octanol–water partition coefficient (Wildman–Crippen LogP) is 2.72. The fraction of sp³-hybridized carbons (Fsp3) is 0.105. The summed E-state index contributed by atoms with van der Waals surface area (Å²) >= 11 is 0. The van der Waals surface area contributed by atoms with Crippen LogP contribution in [0.2, 0.25) is 0 Å². The zero-order chi connectivity index (χ0) is 19.5. The van der Waals surface area contributed by atoms with Crippen molar-refractivity contribution >= 4 is 28.5 Å². The molecule has 1 aromatic carbocycles. The number of hydrogen-bond donors (Lipinski definition) is 2. The van der Waals surface area contributed by atoms with Crippen LogP contribution in [0, 0.1) is 0 Å². The average Bonchev–Trinajstić information content (AvgIpc) is 3.28. The van der Waals surface area contributed by atoms with E-state index in [1.165, 1.54) is 12.2 Å². The number of carbonyl (C=O) groups is 2. The number of benzene rings is 1. The third kappa shape index (κ3) is 3.50. The number of hydrogen-bond acceptors (Lipinski definition) is 5. The Hall–Kier alpha value is -3.88. The van der Waals surface area contributed by atoms with Crippen molar-refractivity contribution in [3.05, 3.63) is 71.7 Å². The maximum absolute atomic E-state index is 13.4. The number of nitrogens with one attached hydrogen (secondary N) is 2. The SMILES string of the molecule is O=C(Nc1nn[nH]n1)C(=O)c1cn(CC2=CC=C(F)C=CC2)c2ccccc12. The van der Waals surface area contributed by atoms with Gasteiger partial charge in [-0.15, -0.1) is 5.10 Å². The summed E-state index contributed by atoms with van der Waals surface area (Å²) in [6.07, 6.45) is 8.55. The standard InChI is InChI=1S/C19H15FN6O2/c20-13-5-3-4-12(8-9-13)10-26-11-15(14-6-1-2-7-16(14)26)17(27)18(28)21-19-22-24-25-23-19/h1-3,5-9,11H,4,10H2,(H2,21,22,23,24,25,28). The van der Waals surface area contributed by atoms with E-state index in [0.717, 1.165) is 11.1 Å². The van der Waals surface area contributed by atoms with Gasteiger partial charge in [0, 0.05) is 23.6 Å². The van der Waals surface area contributed by atoms with Crippen LogP contribution in [-0.2, 0) is 11.3 Å². The van der Waals surface area contributed by atoms with Crippen LogP contribution in [0.4, 0.5) is 10.3 Å². The molecule has 4 rings (SSSR count). The summed E-state index contributed by atoms with van der Waals surface area (Å²) in [5.74, 6) is -1.95. The Bertz CT molecular complexity index is 1140. The summed E-state index contributed by atoms with van der Waals surface area (Å²) in [6.45, 7) is 0.467. The molecule has 0 aliphatic heterocycles. The fourth-order valence-electron chi connectivity index (χ4n) is 3.03. The van der Waals surface area contributed by atoms with Crippen molar-refractivity contribution in [2.75, 3.05) is 5.32 Å². The van der Waals surface area contributed by atoms with Gasteiger partial charge in [0.05, 0.1) is 5.56 Å². The molecule has 28 heavy (non-hydrogen) atoms. The number of nitrogens with zero attached hydrogens (tertiary/aromatic N) is 4. The quantitative estimate of drug-likeness (QED) is 0.525. The lowest BCUT2D eigenvalue weighted by atomic mass is 10.1. The number of aromatic nitrogens is 5. The van der Waals surface area contributed by atoms with Crippen molar-refractivity contribution in [1.82, 2.24) is 25.2 Å². The number of para-hydroxylation sites is 1. The molecule has 2 N–H and O–H groups in total. The number of tetrazole rings is 1. The maximum atomic E-state index is 13.4. The van der Waals surface area contributed by atoms with Gasteiger partial charge in [-0.05, 0) is 35.4 Å². The molecule has 0 saturated heterocycles. The molecular formula is C19H15FN6O2. The first-order valence-electron chi connectivity index (χ1n) is 8.50. The first-order chi connectivity index (χ1) is 13.6. The number of rotatable bonds is 5. The maximum Gasteiger partial charge on any atom is 0.299 e. The van der Waals surface area contributed by atoms with Crippen LogP contribution in [-0.4, -0.2) is 36.9 Å². The van der Waals surface area contributed by atoms with Gasteiger partial charge in [-0.2, -0.15) is 5.21 Å². The van der Waals surface area contributed by atoms with E-state index >= 15 is 0 Å². The van der Waals surface area contributed by atoms with Gasteiger partial charge >= 0.3 is 0 Å². The van der Waals surface area contributed by atoms with Crippen LogP contribution in [0.25, 0.3) is 10.9 Å². The van der Waals surface area contributed by atoms with Gasteiger partial charge in [0.1, 0.15) is 5.83 Å². The minimum Gasteiger partial charge on any atom is -0.343 e. The van der Waals surface area contributed by atoms with Crippen molar-refractivity contribution in [3.8, 4) is 0 Å². The van der Waals surface area contributed by atoms with Gasteiger partial charge in [0.15, 0.2) is 0 Å². The van der Waals surface area contributed by atoms with Gasteiger partial charge in [-0.25, -0.2) is 4.39 Å². The molecule has 0 spiro atoms. The second-order valence-corrected chi connectivity index (χ2v) is 6.19. The monoisotopic (exact) mass is 378 g/mol. The van der Waals surface area contributed by atoms with E-state index in [0.29, 0.717) is 18.4 Å². The Morgan fingerprint density at radius 3 is 2.93 bits per heavy atom. The molecule has 0 atom stereocenters. The Balaban J connectivity index is 1.65. The number of aromatic amines is 1. The van der Waals surface area contributed by atoms with Crippen LogP contribution in [0.3, 0.4) is 0 Å². The molecule has 3 aromatic rings. The lowest BCUT2D eigenvalue weighted by molar-refractivity contribution is -0.112. The molecule has 0 bridgehead atoms. The molecule has 0 saturated carbocycles. The molecule has 0 radical (unpaired) electrons. The number of Topliss-reactive ketones (excluding diaryl/α,β-unsaturated/α-hetero) is 1. The van der Waals surface area contributed by atoms with Crippen LogP contribution < -0.4 is 5.32 Å². The highest BCUT2D eigenvalue weighted by Gasteiger charge is 2.22.